The molecule has 0 N–H and O–H groups in total. The number of hydrogen-bond donors (Lipinski definition) is 0. The maximum absolute atomic E-state index is 13.5. The van der Waals surface area contributed by atoms with E-state index in [1.165, 1.54) is 0 Å². The van der Waals surface area contributed by atoms with Crippen LogP contribution in [0.2, 0.25) is 0 Å². The number of nitrogens with zero attached hydrogens (tertiary/aromatic N) is 2. The second kappa shape index (κ2) is 9.25. The maximum Gasteiger partial charge on any atom is 0.262 e. The fourth-order valence-electron chi connectivity index (χ4n) is 4.96. The fourth-order valence-corrected chi connectivity index (χ4v) is 4.96. The van der Waals surface area contributed by atoms with Crippen molar-refractivity contribution in [2.24, 2.45) is 0 Å². The van der Waals surface area contributed by atoms with Crippen LogP contribution >= 0.6 is 0 Å². The van der Waals surface area contributed by atoms with Crippen molar-refractivity contribution in [3.05, 3.63) is 95.1 Å². The summed E-state index contributed by atoms with van der Waals surface area (Å²) in [6, 6.07) is 21.0. The molecule has 5 rings (SSSR count). The number of aryl methyl sites for hydroxylation is 1. The number of benzene rings is 3. The molecule has 0 aromatic heterocycles. The van der Waals surface area contributed by atoms with E-state index in [0.717, 1.165) is 16.0 Å². The molecule has 0 unspecified atom stereocenters. The van der Waals surface area contributed by atoms with Gasteiger partial charge < -0.3 is 14.4 Å². The molecular formula is C28H26N2O5. The van der Waals surface area contributed by atoms with Gasteiger partial charge in [0.15, 0.2) is 0 Å². The molecule has 7 nitrogen and oxygen atoms in total. The second-order valence-corrected chi connectivity index (χ2v) is 8.71. The topological polar surface area (TPSA) is 76.2 Å². The molecule has 3 aromatic carbocycles. The molecule has 2 atom stereocenters. The van der Waals surface area contributed by atoms with Gasteiger partial charge in [-0.05, 0) is 42.7 Å². The third kappa shape index (κ3) is 3.93. The molecule has 0 bridgehead atoms. The molecule has 2 heterocycles. The molecule has 3 amide bonds. The van der Waals surface area contributed by atoms with Gasteiger partial charge in [-0.15, -0.1) is 0 Å². The van der Waals surface area contributed by atoms with Crippen LogP contribution in [0.25, 0.3) is 0 Å². The standard InChI is InChI=1S/C28H26N2O5/c1-34-20-14-13-19(24(16-20)35-2)17-29-23(15-12-18-8-4-3-5-9-18)25(28(29)33)30-26(31)21-10-6-7-11-22(21)27(30)32/h3-11,13-14,16,23,25H,12,15,17H2,1-2H3/t23-,25+/m1/s1. The fraction of sp³-hybridized carbons (Fsp3) is 0.250. The number of imide groups is 1. The first-order chi connectivity index (χ1) is 17.0. The van der Waals surface area contributed by atoms with E-state index in [2.05, 4.69) is 0 Å². The van der Waals surface area contributed by atoms with Crippen LogP contribution in [-0.2, 0) is 17.8 Å². The molecule has 3 aromatic rings. The summed E-state index contributed by atoms with van der Waals surface area (Å²) in [5.74, 6) is 0.217. The summed E-state index contributed by atoms with van der Waals surface area (Å²) in [7, 11) is 3.16. The number of carbonyl (C=O) groups excluding carboxylic acids is 3. The first-order valence-corrected chi connectivity index (χ1v) is 11.6. The molecule has 178 valence electrons. The second-order valence-electron chi connectivity index (χ2n) is 8.71. The van der Waals surface area contributed by atoms with E-state index in [1.807, 2.05) is 42.5 Å². The van der Waals surface area contributed by atoms with Crippen LogP contribution in [-0.4, -0.2) is 53.8 Å². The summed E-state index contributed by atoms with van der Waals surface area (Å²) in [5, 5.41) is 0. The van der Waals surface area contributed by atoms with Crippen molar-refractivity contribution in [2.45, 2.75) is 31.5 Å². The predicted molar refractivity (Wildman–Crippen MR) is 129 cm³/mol. The normalized spacial score (nSPS) is 19.0. The maximum atomic E-state index is 13.5. The Morgan fingerprint density at radius 3 is 2.09 bits per heavy atom. The number of β-lactam (4-membered cyclic amide) rings is 1. The first-order valence-electron chi connectivity index (χ1n) is 11.6. The van der Waals surface area contributed by atoms with Crippen LogP contribution in [0.15, 0.2) is 72.8 Å². The Kier molecular flexibility index (Phi) is 5.99. The Balaban J connectivity index is 1.43. The average molecular weight is 471 g/mol. The number of likely N-dealkylation sites (tertiary alicyclic amines) is 1. The van der Waals surface area contributed by atoms with Crippen molar-refractivity contribution in [1.82, 2.24) is 9.80 Å². The molecular weight excluding hydrogens is 444 g/mol. The van der Waals surface area contributed by atoms with E-state index in [9.17, 15) is 14.4 Å². The van der Waals surface area contributed by atoms with Crippen molar-refractivity contribution in [3.8, 4) is 11.5 Å². The molecule has 1 saturated heterocycles. The lowest BCUT2D eigenvalue weighted by Gasteiger charge is -2.50. The number of amides is 3. The Hall–Kier alpha value is -4.13. The van der Waals surface area contributed by atoms with E-state index in [4.69, 9.17) is 9.47 Å². The molecule has 35 heavy (non-hydrogen) atoms. The van der Waals surface area contributed by atoms with E-state index in [0.29, 0.717) is 42.0 Å². The number of carbonyl (C=O) groups is 3. The Morgan fingerprint density at radius 2 is 1.46 bits per heavy atom. The van der Waals surface area contributed by atoms with E-state index < -0.39 is 17.9 Å². The third-order valence-electron chi connectivity index (χ3n) is 6.81. The number of methoxy groups -OCH3 is 2. The first kappa shape index (κ1) is 22.7. The Bertz CT molecular complexity index is 1250. The van der Waals surface area contributed by atoms with Crippen LogP contribution in [0.3, 0.4) is 0 Å². The minimum atomic E-state index is -0.824. The highest BCUT2D eigenvalue weighted by atomic mass is 16.5. The summed E-state index contributed by atoms with van der Waals surface area (Å²) in [4.78, 5) is 42.6. The highest BCUT2D eigenvalue weighted by Crippen LogP contribution is 2.37. The van der Waals surface area contributed by atoms with Gasteiger partial charge in [-0.1, -0.05) is 42.5 Å². The minimum Gasteiger partial charge on any atom is -0.497 e. The quantitative estimate of drug-likeness (QED) is 0.371. The number of hydrogen-bond acceptors (Lipinski definition) is 5. The van der Waals surface area contributed by atoms with Crippen molar-refractivity contribution < 1.29 is 23.9 Å². The average Bonchev–Trinajstić information content (AvgIpc) is 3.15. The van der Waals surface area contributed by atoms with Crippen LogP contribution in [0.5, 0.6) is 11.5 Å². The number of rotatable bonds is 8. The molecule has 2 aliphatic rings. The summed E-state index contributed by atoms with van der Waals surface area (Å²) in [5.41, 5.74) is 2.66. The van der Waals surface area contributed by atoms with E-state index in [-0.39, 0.29) is 11.9 Å². The van der Waals surface area contributed by atoms with Gasteiger partial charge in [-0.2, -0.15) is 0 Å². The van der Waals surface area contributed by atoms with Crippen LogP contribution in [0.1, 0.15) is 38.3 Å². The third-order valence-corrected chi connectivity index (χ3v) is 6.81. The van der Waals surface area contributed by atoms with Crippen LogP contribution in [0.4, 0.5) is 0 Å². The summed E-state index contributed by atoms with van der Waals surface area (Å²) >= 11 is 0. The van der Waals surface area contributed by atoms with Gasteiger partial charge in [-0.3, -0.25) is 19.3 Å². The number of fused-ring (bicyclic) bond motifs is 1. The Labute approximate surface area is 203 Å². The summed E-state index contributed by atoms with van der Waals surface area (Å²) < 4.78 is 10.8. The molecule has 7 heteroatoms. The Morgan fingerprint density at radius 1 is 0.800 bits per heavy atom. The summed E-state index contributed by atoms with van der Waals surface area (Å²) in [6.07, 6.45) is 1.33. The number of ether oxygens (including phenoxy) is 2. The van der Waals surface area contributed by atoms with Gasteiger partial charge in [0.25, 0.3) is 11.8 Å². The molecule has 0 spiro atoms. The molecule has 0 saturated carbocycles. The lowest BCUT2D eigenvalue weighted by atomic mass is 9.87. The van der Waals surface area contributed by atoms with Gasteiger partial charge in [0.2, 0.25) is 5.91 Å². The highest BCUT2D eigenvalue weighted by molar-refractivity contribution is 6.23. The lowest BCUT2D eigenvalue weighted by Crippen LogP contribution is -2.71. The van der Waals surface area contributed by atoms with Crippen LogP contribution in [0, 0.1) is 0 Å². The smallest absolute Gasteiger partial charge is 0.262 e. The highest BCUT2D eigenvalue weighted by Gasteiger charge is 2.55. The lowest BCUT2D eigenvalue weighted by molar-refractivity contribution is -0.157. The largest absolute Gasteiger partial charge is 0.497 e. The van der Waals surface area contributed by atoms with Crippen molar-refractivity contribution >= 4 is 17.7 Å². The molecule has 2 aliphatic heterocycles. The van der Waals surface area contributed by atoms with Gasteiger partial charge in [0.05, 0.1) is 31.4 Å². The van der Waals surface area contributed by atoms with E-state index >= 15 is 0 Å². The van der Waals surface area contributed by atoms with Crippen molar-refractivity contribution in [1.29, 1.82) is 0 Å². The zero-order chi connectivity index (χ0) is 24.5. The van der Waals surface area contributed by atoms with Gasteiger partial charge in [0.1, 0.15) is 17.5 Å². The van der Waals surface area contributed by atoms with Crippen molar-refractivity contribution in [2.75, 3.05) is 14.2 Å². The van der Waals surface area contributed by atoms with Crippen molar-refractivity contribution in [3.63, 3.8) is 0 Å². The van der Waals surface area contributed by atoms with Crippen LogP contribution < -0.4 is 9.47 Å². The summed E-state index contributed by atoms with van der Waals surface area (Å²) in [6.45, 7) is 0.311. The molecule has 0 aliphatic carbocycles. The minimum absolute atomic E-state index is 0.240. The SMILES string of the molecule is COc1ccc(CN2C(=O)[C@@H](N3C(=O)c4ccccc4C3=O)[C@H]2CCc2ccccc2)c(OC)c1. The van der Waals surface area contributed by atoms with Gasteiger partial charge in [0, 0.05) is 18.2 Å². The zero-order valence-corrected chi connectivity index (χ0v) is 19.6. The monoisotopic (exact) mass is 470 g/mol. The van der Waals surface area contributed by atoms with Gasteiger partial charge in [-0.25, -0.2) is 0 Å². The zero-order valence-electron chi connectivity index (χ0n) is 19.6. The predicted octanol–water partition coefficient (Wildman–Crippen LogP) is 3.71. The van der Waals surface area contributed by atoms with E-state index in [1.54, 1.807) is 49.5 Å². The molecule has 1 fully saturated rings. The van der Waals surface area contributed by atoms with Gasteiger partial charge >= 0.3 is 0 Å². The molecule has 0 radical (unpaired) electrons.